The van der Waals surface area contributed by atoms with Crippen molar-refractivity contribution in [3.63, 3.8) is 0 Å². The molecule has 2 atom stereocenters. The summed E-state index contributed by atoms with van der Waals surface area (Å²) in [5.74, 6) is -1.73. The highest BCUT2D eigenvalue weighted by Crippen LogP contribution is 2.28. The molecule has 2 heterocycles. The van der Waals surface area contributed by atoms with E-state index >= 15 is 0 Å². The molecular formula is C15H19F3N2O2S. The van der Waals surface area contributed by atoms with Crippen LogP contribution < -0.4 is 5.32 Å². The minimum absolute atomic E-state index is 0.170. The quantitative estimate of drug-likeness (QED) is 0.909. The number of carbonyl (C=O) groups excluding carboxylic acids is 2. The Hall–Kier alpha value is -1.57. The molecule has 0 bridgehead atoms. The number of halogens is 3. The molecule has 0 aromatic carbocycles. The van der Waals surface area contributed by atoms with Gasteiger partial charge in [-0.25, -0.2) is 0 Å². The number of hydrogen-bond acceptors (Lipinski definition) is 3. The normalized spacial score (nSPS) is 20.0. The molecule has 1 aromatic rings. The van der Waals surface area contributed by atoms with E-state index in [1.807, 2.05) is 26.8 Å². The molecule has 4 nitrogen and oxygen atoms in total. The van der Waals surface area contributed by atoms with Crippen molar-refractivity contribution in [2.45, 2.75) is 39.4 Å². The Labute approximate surface area is 136 Å². The van der Waals surface area contributed by atoms with E-state index in [2.05, 4.69) is 5.32 Å². The molecule has 1 aromatic heterocycles. The third-order valence-corrected chi connectivity index (χ3v) is 4.84. The van der Waals surface area contributed by atoms with Gasteiger partial charge in [-0.3, -0.25) is 9.59 Å². The number of alkyl halides is 3. The molecule has 1 aliphatic heterocycles. The second-order valence-corrected chi connectivity index (χ2v) is 7.35. The van der Waals surface area contributed by atoms with Gasteiger partial charge in [0.05, 0.1) is 12.0 Å². The largest absolute Gasteiger partial charge is 0.406 e. The summed E-state index contributed by atoms with van der Waals surface area (Å²) in [6, 6.07) is 1.75. The van der Waals surface area contributed by atoms with Crippen molar-refractivity contribution < 1.29 is 22.8 Å². The fraction of sp³-hybridized carbons (Fsp3) is 0.600. The van der Waals surface area contributed by atoms with Gasteiger partial charge in [0.25, 0.3) is 0 Å². The van der Waals surface area contributed by atoms with Crippen LogP contribution in [0.3, 0.4) is 0 Å². The maximum absolute atomic E-state index is 12.4. The van der Waals surface area contributed by atoms with Gasteiger partial charge in [-0.15, -0.1) is 11.3 Å². The van der Waals surface area contributed by atoms with Crippen molar-refractivity contribution in [1.82, 2.24) is 10.2 Å². The summed E-state index contributed by atoms with van der Waals surface area (Å²) in [6.07, 6.45) is -4.62. The molecule has 2 amide bonds. The van der Waals surface area contributed by atoms with Crippen molar-refractivity contribution in [2.75, 3.05) is 13.1 Å². The van der Waals surface area contributed by atoms with Gasteiger partial charge in [0.15, 0.2) is 0 Å². The molecule has 1 aliphatic rings. The minimum Gasteiger partial charge on any atom is -0.349 e. The molecule has 0 spiro atoms. The zero-order valence-electron chi connectivity index (χ0n) is 13.2. The molecule has 1 fully saturated rings. The number of rotatable bonds is 4. The van der Waals surface area contributed by atoms with Gasteiger partial charge in [-0.1, -0.05) is 0 Å². The number of nitrogens with zero attached hydrogens (tertiary/aromatic N) is 1. The summed E-state index contributed by atoms with van der Waals surface area (Å²) >= 11 is 1.63. The summed E-state index contributed by atoms with van der Waals surface area (Å²) < 4.78 is 37.2. The number of amides is 2. The highest BCUT2D eigenvalue weighted by Gasteiger charge is 2.40. The smallest absolute Gasteiger partial charge is 0.349 e. The molecule has 1 saturated heterocycles. The van der Waals surface area contributed by atoms with E-state index in [9.17, 15) is 22.8 Å². The summed E-state index contributed by atoms with van der Waals surface area (Å²) in [5.41, 5.74) is 0.998. The standard InChI is InChI=1S/C15H19F3N2O2S/c1-8-4-12(10(3)23-8)9(2)19-14(22)11-5-13(21)20(6-11)7-15(16,17)18/h4,9,11H,5-7H2,1-3H3,(H,19,22)/t9-,11+/m0/s1. The Morgan fingerprint density at radius 3 is 2.65 bits per heavy atom. The Balaban J connectivity index is 1.96. The van der Waals surface area contributed by atoms with Crippen LogP contribution in [0.25, 0.3) is 0 Å². The van der Waals surface area contributed by atoms with E-state index < -0.39 is 24.5 Å². The molecule has 0 radical (unpaired) electrons. The van der Waals surface area contributed by atoms with Crippen molar-refractivity contribution in [3.8, 4) is 0 Å². The summed E-state index contributed by atoms with van der Waals surface area (Å²) in [4.78, 5) is 26.8. The lowest BCUT2D eigenvalue weighted by Crippen LogP contribution is -2.37. The third kappa shape index (κ3) is 4.46. The second kappa shape index (κ2) is 6.51. The van der Waals surface area contributed by atoms with Gasteiger partial charge in [0.1, 0.15) is 6.54 Å². The fourth-order valence-electron chi connectivity index (χ4n) is 2.81. The van der Waals surface area contributed by atoms with Crippen LogP contribution in [-0.2, 0) is 9.59 Å². The Kier molecular flexibility index (Phi) is 5.03. The predicted octanol–water partition coefficient (Wildman–Crippen LogP) is 2.95. The molecule has 0 aliphatic carbocycles. The lowest BCUT2D eigenvalue weighted by Gasteiger charge is -2.19. The summed E-state index contributed by atoms with van der Waals surface area (Å²) in [5, 5.41) is 2.80. The first-order valence-electron chi connectivity index (χ1n) is 7.28. The van der Waals surface area contributed by atoms with E-state index in [1.165, 1.54) is 0 Å². The highest BCUT2D eigenvalue weighted by molar-refractivity contribution is 7.12. The van der Waals surface area contributed by atoms with E-state index in [-0.39, 0.29) is 24.9 Å². The van der Waals surface area contributed by atoms with Crippen LogP contribution in [0.5, 0.6) is 0 Å². The fourth-order valence-corrected chi connectivity index (χ4v) is 3.83. The van der Waals surface area contributed by atoms with Crippen LogP contribution in [0.1, 0.15) is 34.7 Å². The van der Waals surface area contributed by atoms with Gasteiger partial charge in [0, 0.05) is 22.7 Å². The molecule has 0 unspecified atom stereocenters. The first-order valence-corrected chi connectivity index (χ1v) is 8.10. The van der Waals surface area contributed by atoms with Crippen LogP contribution in [0.4, 0.5) is 13.2 Å². The molecule has 2 rings (SSSR count). The third-order valence-electron chi connectivity index (χ3n) is 3.86. The number of carbonyl (C=O) groups is 2. The monoisotopic (exact) mass is 348 g/mol. The first-order chi connectivity index (χ1) is 10.6. The number of thiophene rings is 1. The van der Waals surface area contributed by atoms with Crippen molar-refractivity contribution in [2.24, 2.45) is 5.92 Å². The maximum atomic E-state index is 12.4. The molecule has 23 heavy (non-hydrogen) atoms. The number of nitrogens with one attached hydrogen (secondary N) is 1. The lowest BCUT2D eigenvalue weighted by molar-refractivity contribution is -0.157. The van der Waals surface area contributed by atoms with Crippen LogP contribution in [0, 0.1) is 19.8 Å². The topological polar surface area (TPSA) is 49.4 Å². The molecular weight excluding hydrogens is 329 g/mol. The SMILES string of the molecule is Cc1cc([C@H](C)NC(=O)[C@@H]2CC(=O)N(CC(F)(F)F)C2)c(C)s1. The Morgan fingerprint density at radius 2 is 2.13 bits per heavy atom. The zero-order valence-corrected chi connectivity index (χ0v) is 14.0. The van der Waals surface area contributed by atoms with E-state index in [0.29, 0.717) is 4.90 Å². The number of likely N-dealkylation sites (tertiary alicyclic amines) is 1. The van der Waals surface area contributed by atoms with E-state index in [0.717, 1.165) is 15.3 Å². The second-order valence-electron chi connectivity index (χ2n) is 5.89. The predicted molar refractivity (Wildman–Crippen MR) is 81.1 cm³/mol. The van der Waals surface area contributed by atoms with E-state index in [4.69, 9.17) is 0 Å². The zero-order chi connectivity index (χ0) is 17.4. The van der Waals surface area contributed by atoms with Crippen LogP contribution in [0.15, 0.2) is 6.07 Å². The Morgan fingerprint density at radius 1 is 1.48 bits per heavy atom. The van der Waals surface area contributed by atoms with Crippen LogP contribution in [-0.4, -0.2) is 36.0 Å². The molecule has 8 heteroatoms. The minimum atomic E-state index is -4.44. The van der Waals surface area contributed by atoms with Crippen molar-refractivity contribution in [1.29, 1.82) is 0 Å². The van der Waals surface area contributed by atoms with E-state index in [1.54, 1.807) is 11.3 Å². The molecule has 128 valence electrons. The summed E-state index contributed by atoms with van der Waals surface area (Å²) in [6.45, 7) is 4.28. The summed E-state index contributed by atoms with van der Waals surface area (Å²) in [7, 11) is 0. The average Bonchev–Trinajstić information content (AvgIpc) is 2.91. The number of aryl methyl sites for hydroxylation is 2. The maximum Gasteiger partial charge on any atom is 0.406 e. The molecule has 0 saturated carbocycles. The van der Waals surface area contributed by atoms with Crippen LogP contribution >= 0.6 is 11.3 Å². The van der Waals surface area contributed by atoms with Crippen LogP contribution in [0.2, 0.25) is 0 Å². The van der Waals surface area contributed by atoms with Gasteiger partial charge < -0.3 is 10.2 Å². The average molecular weight is 348 g/mol. The van der Waals surface area contributed by atoms with Gasteiger partial charge in [-0.05, 0) is 32.4 Å². The van der Waals surface area contributed by atoms with Crippen molar-refractivity contribution in [3.05, 3.63) is 21.4 Å². The first kappa shape index (κ1) is 17.8. The van der Waals surface area contributed by atoms with Gasteiger partial charge in [0.2, 0.25) is 11.8 Å². The highest BCUT2D eigenvalue weighted by atomic mass is 32.1. The van der Waals surface area contributed by atoms with Gasteiger partial charge in [-0.2, -0.15) is 13.2 Å². The van der Waals surface area contributed by atoms with Crippen molar-refractivity contribution >= 4 is 23.2 Å². The molecule has 1 N–H and O–H groups in total. The lowest BCUT2D eigenvalue weighted by atomic mass is 10.1. The number of hydrogen-bond donors (Lipinski definition) is 1. The Bertz CT molecular complexity index is 612. The van der Waals surface area contributed by atoms with Gasteiger partial charge >= 0.3 is 6.18 Å².